The molecule has 0 bridgehead atoms. The molecule has 7 aromatic carbocycles. The van der Waals surface area contributed by atoms with Gasteiger partial charge in [0.05, 0.1) is 20.6 Å². The second kappa shape index (κ2) is 35.3. The standard InChI is InChI=1S/C25H24FN3O2.C24H22FN3O2.C10H11BrFNO.C8H6BrFO2.C8H7BrO2/c1-28(2)25(30)23(26)17-9-7-8-16(12-17)18-13-20-21(15-29(3)24(20)27-14-18)19-10-5-6-11-22(19)31-4;1-28(2)24(29)22(25)16-8-6-7-15(11-16)17-12-19-20(14-27-23(19)26-13-17)18-9-4-5-10-21(18)30-3;1-13(2)10(14)9(12)7-4-3-5-8(11)6-7;9-6-3-1-2-5(4-6)7(10)8(11)12;9-7-3-1-2-6(4-7)5-8(10)11/h5-15,23H,1-4H3;4-14,22H,1-3H3,(H,26,27);3-6,9H,1-2H3;1-4,7H,(H,11,12);1-4H,5H2,(H,10,11). The number of likely N-dealkylation sites (N-methyl/N-ethyl adjacent to an activating group) is 3. The van der Waals surface area contributed by atoms with E-state index in [4.69, 9.17) is 19.7 Å². The van der Waals surface area contributed by atoms with Gasteiger partial charge in [0.2, 0.25) is 24.7 Å². The van der Waals surface area contributed by atoms with Crippen LogP contribution >= 0.6 is 47.8 Å². The number of H-pyrrole nitrogens is 1. The number of aromatic nitrogens is 4. The van der Waals surface area contributed by atoms with E-state index in [9.17, 15) is 41.5 Å². The number of hydrogen-bond acceptors (Lipinski definition) is 9. The van der Waals surface area contributed by atoms with Crippen molar-refractivity contribution < 1.29 is 61.2 Å². The highest BCUT2D eigenvalue weighted by atomic mass is 79.9. The van der Waals surface area contributed by atoms with Crippen molar-refractivity contribution in [2.45, 2.75) is 31.1 Å². The third-order valence-corrected chi connectivity index (χ3v) is 16.4. The molecule has 0 aliphatic carbocycles. The number of alkyl halides is 4. The van der Waals surface area contributed by atoms with Gasteiger partial charge in [0.25, 0.3) is 17.7 Å². The van der Waals surface area contributed by atoms with Gasteiger partial charge in [-0.1, -0.05) is 157 Å². The third-order valence-electron chi connectivity index (χ3n) is 14.9. The number of methoxy groups -OCH3 is 2. The zero-order chi connectivity index (χ0) is 71.5. The maximum Gasteiger partial charge on any atom is 0.343 e. The number of pyridine rings is 2. The molecule has 0 saturated heterocycles. The molecule has 0 radical (unpaired) electrons. The fraction of sp³-hybridized carbons (Fsp3) is 0.187. The predicted octanol–water partition coefficient (Wildman–Crippen LogP) is 17.2. The van der Waals surface area contributed by atoms with Crippen molar-refractivity contribution in [2.75, 3.05) is 56.5 Å². The molecule has 0 fully saturated rings. The fourth-order valence-corrected chi connectivity index (χ4v) is 11.2. The summed E-state index contributed by atoms with van der Waals surface area (Å²) in [4.78, 5) is 72.0. The van der Waals surface area contributed by atoms with Crippen LogP contribution in [0.2, 0.25) is 0 Å². The number of carbonyl (C=O) groups is 5. The van der Waals surface area contributed by atoms with Crippen molar-refractivity contribution in [2.24, 2.45) is 7.05 Å². The summed E-state index contributed by atoms with van der Waals surface area (Å²) in [5, 5.41) is 18.7. The number of nitrogens with zero attached hydrogens (tertiary/aromatic N) is 6. The Morgan fingerprint density at radius 2 is 0.888 bits per heavy atom. The van der Waals surface area contributed by atoms with Gasteiger partial charge in [-0.25, -0.2) is 32.3 Å². The minimum atomic E-state index is -1.94. The number of rotatable bonds is 16. The number of carboxylic acid groups (broad SMARTS) is 2. The Labute approximate surface area is 589 Å². The Morgan fingerprint density at radius 1 is 0.480 bits per heavy atom. The largest absolute Gasteiger partial charge is 0.496 e. The van der Waals surface area contributed by atoms with Gasteiger partial charge < -0.3 is 43.9 Å². The first-order valence-electron chi connectivity index (χ1n) is 30.0. The predicted molar refractivity (Wildman–Crippen MR) is 385 cm³/mol. The lowest BCUT2D eigenvalue weighted by atomic mass is 9.99. The molecule has 0 aliphatic rings. The summed E-state index contributed by atoms with van der Waals surface area (Å²) < 4.78 is 71.0. The number of nitrogens with one attached hydrogen (secondary N) is 1. The Hall–Kier alpha value is -9.97. The number of hydrogen-bond donors (Lipinski definition) is 3. The van der Waals surface area contributed by atoms with Crippen molar-refractivity contribution in [1.29, 1.82) is 0 Å². The van der Waals surface area contributed by atoms with E-state index >= 15 is 0 Å². The maximum absolute atomic E-state index is 14.7. The van der Waals surface area contributed by atoms with Crippen LogP contribution in [0.1, 0.15) is 52.5 Å². The molecule has 3 N–H and O–H groups in total. The van der Waals surface area contributed by atoms with Crippen molar-refractivity contribution in [3.63, 3.8) is 0 Å². The number of carbonyl (C=O) groups excluding carboxylic acids is 3. The summed E-state index contributed by atoms with van der Waals surface area (Å²) in [5.74, 6) is -2.41. The Balaban J connectivity index is 0.000000185. The van der Waals surface area contributed by atoms with Crippen molar-refractivity contribution >= 4 is 99.5 Å². The topological polar surface area (TPSA) is 200 Å². The zero-order valence-electron chi connectivity index (χ0n) is 54.7. The Bertz CT molecular complexity index is 4610. The molecule has 508 valence electrons. The first-order valence-corrected chi connectivity index (χ1v) is 32.4. The number of para-hydroxylation sites is 2. The van der Waals surface area contributed by atoms with E-state index in [1.807, 2.05) is 109 Å². The van der Waals surface area contributed by atoms with E-state index < -0.39 is 54.3 Å². The van der Waals surface area contributed by atoms with Crippen molar-refractivity contribution in [3.05, 3.63) is 248 Å². The van der Waals surface area contributed by atoms with Crippen molar-refractivity contribution in [1.82, 2.24) is 34.2 Å². The Morgan fingerprint density at radius 3 is 1.33 bits per heavy atom. The van der Waals surface area contributed by atoms with Crippen LogP contribution in [0, 0.1) is 0 Å². The highest BCUT2D eigenvalue weighted by Gasteiger charge is 2.25. The van der Waals surface area contributed by atoms with Gasteiger partial charge in [0.15, 0.2) is 0 Å². The first-order chi connectivity index (χ1) is 46.7. The van der Waals surface area contributed by atoms with E-state index in [0.29, 0.717) is 21.2 Å². The van der Waals surface area contributed by atoms with Gasteiger partial charge >= 0.3 is 11.9 Å². The van der Waals surface area contributed by atoms with Crippen LogP contribution in [0.25, 0.3) is 66.6 Å². The maximum atomic E-state index is 14.7. The number of aromatic amines is 1. The van der Waals surface area contributed by atoms with Gasteiger partial charge in [0, 0.05) is 132 Å². The molecule has 4 heterocycles. The molecule has 0 spiro atoms. The van der Waals surface area contributed by atoms with Crippen LogP contribution in [0.5, 0.6) is 11.5 Å². The van der Waals surface area contributed by atoms with E-state index in [-0.39, 0.29) is 12.0 Å². The number of aliphatic carboxylic acids is 2. The normalized spacial score (nSPS) is 11.8. The number of fused-ring (bicyclic) bond motifs is 2. The monoisotopic (exact) mass is 1530 g/mol. The summed E-state index contributed by atoms with van der Waals surface area (Å²) in [5.41, 5.74) is 10.8. The van der Waals surface area contributed by atoms with E-state index in [2.05, 4.69) is 62.7 Å². The van der Waals surface area contributed by atoms with Crippen LogP contribution in [0.3, 0.4) is 0 Å². The van der Waals surface area contributed by atoms with Gasteiger partial charge in [-0.2, -0.15) is 0 Å². The molecule has 98 heavy (non-hydrogen) atoms. The number of amides is 3. The highest BCUT2D eigenvalue weighted by molar-refractivity contribution is 9.11. The first kappa shape index (κ1) is 75.4. The van der Waals surface area contributed by atoms with E-state index in [0.717, 1.165) is 92.6 Å². The molecule has 11 rings (SSSR count). The van der Waals surface area contributed by atoms with Gasteiger partial charge in [-0.05, 0) is 112 Å². The SMILES string of the molecule is CN(C)C(=O)C(F)c1cccc(Br)c1.COc1ccccc1-c1c[nH]c2ncc(-c3cccc(C(F)C(=O)N(C)C)c3)cc12.COc1ccccc1-c1cn(C)c2ncc(-c3cccc(C(F)C(=O)N(C)C)c3)cc12.O=C(O)C(F)c1cccc(Br)c1.O=C(O)Cc1cccc(Br)c1. The van der Waals surface area contributed by atoms with Gasteiger partial charge in [-0.3, -0.25) is 19.2 Å². The minimum absolute atomic E-state index is 0.0828. The Kier molecular flexibility index (Phi) is 27.2. The molecule has 3 amide bonds. The second-order valence-corrected chi connectivity index (χ2v) is 25.3. The van der Waals surface area contributed by atoms with Crippen LogP contribution in [0.15, 0.2) is 220 Å². The quantitative estimate of drug-likeness (QED) is 0.0777. The van der Waals surface area contributed by atoms with Gasteiger partial charge in [-0.15, -0.1) is 0 Å². The summed E-state index contributed by atoms with van der Waals surface area (Å²) in [7, 11) is 14.5. The lowest BCUT2D eigenvalue weighted by Gasteiger charge is -2.15. The lowest BCUT2D eigenvalue weighted by Crippen LogP contribution is -2.26. The minimum Gasteiger partial charge on any atom is -0.496 e. The highest BCUT2D eigenvalue weighted by Crippen LogP contribution is 2.39. The number of carboxylic acids is 2. The molecule has 4 aromatic heterocycles. The summed E-state index contributed by atoms with van der Waals surface area (Å²) >= 11 is 9.60. The van der Waals surface area contributed by atoms with Crippen LogP contribution in [-0.2, 0) is 37.4 Å². The lowest BCUT2D eigenvalue weighted by molar-refractivity contribution is -0.143. The average molecular weight is 1530 g/mol. The number of aryl methyl sites for hydroxylation is 1. The fourth-order valence-electron chi connectivity index (χ4n) is 9.90. The zero-order valence-corrected chi connectivity index (χ0v) is 59.5. The molecule has 4 unspecified atom stereocenters. The van der Waals surface area contributed by atoms with Crippen LogP contribution in [0.4, 0.5) is 17.6 Å². The number of ether oxygens (including phenoxy) is 2. The summed E-state index contributed by atoms with van der Waals surface area (Å²) in [6.45, 7) is 0. The number of benzene rings is 7. The second-order valence-electron chi connectivity index (χ2n) is 22.5. The third kappa shape index (κ3) is 19.8. The molecule has 11 aromatic rings. The van der Waals surface area contributed by atoms with E-state index in [1.54, 1.807) is 140 Å². The molecule has 0 aliphatic heterocycles. The van der Waals surface area contributed by atoms with Gasteiger partial charge in [0.1, 0.15) is 22.8 Å². The molecule has 4 atom stereocenters. The molecular formula is C75H70Br3F4N7O9. The summed E-state index contributed by atoms with van der Waals surface area (Å²) in [6.07, 6.45) is 0.607. The smallest absolute Gasteiger partial charge is 0.343 e. The molecule has 23 heteroatoms. The molecule has 0 saturated carbocycles. The van der Waals surface area contributed by atoms with Crippen molar-refractivity contribution in [3.8, 4) is 56.0 Å². The average Bonchev–Trinajstić information content (AvgIpc) is 1.59. The van der Waals surface area contributed by atoms with Crippen LogP contribution < -0.4 is 9.47 Å². The molecular weight excluding hydrogens is 1460 g/mol. The summed E-state index contributed by atoms with van der Waals surface area (Å²) in [6, 6.07) is 53.8. The van der Waals surface area contributed by atoms with Crippen LogP contribution in [-0.4, -0.2) is 131 Å². The van der Waals surface area contributed by atoms with E-state index in [1.165, 1.54) is 40.9 Å². The number of halogens is 7. The molecule has 16 nitrogen and oxygen atoms in total.